The van der Waals surface area contributed by atoms with E-state index in [0.717, 1.165) is 6.42 Å². The summed E-state index contributed by atoms with van der Waals surface area (Å²) in [5, 5.41) is 5.33. The molecule has 0 aliphatic rings. The van der Waals surface area contributed by atoms with E-state index in [4.69, 9.17) is 0 Å². The Morgan fingerprint density at radius 2 is 1.90 bits per heavy atom. The maximum absolute atomic E-state index is 11.7. The summed E-state index contributed by atoms with van der Waals surface area (Å²) in [5.74, 6) is -0.776. The van der Waals surface area contributed by atoms with Gasteiger partial charge in [-0.05, 0) is 32.4 Å². The van der Waals surface area contributed by atoms with Gasteiger partial charge >= 0.3 is 0 Å². The molecular weight excluding hydrogens is 256 g/mol. The van der Waals surface area contributed by atoms with Gasteiger partial charge in [0.1, 0.15) is 6.42 Å². The molecule has 0 saturated heterocycles. The molecule has 5 heteroatoms. The molecule has 20 heavy (non-hydrogen) atoms. The molecule has 0 fully saturated rings. The second-order valence-corrected chi connectivity index (χ2v) is 4.74. The molecule has 2 amide bonds. The predicted molar refractivity (Wildman–Crippen MR) is 77.6 cm³/mol. The van der Waals surface area contributed by atoms with Gasteiger partial charge in [0.05, 0.1) is 0 Å². The average molecular weight is 276 g/mol. The second kappa shape index (κ2) is 7.43. The van der Waals surface area contributed by atoms with Gasteiger partial charge < -0.3 is 10.6 Å². The lowest BCUT2D eigenvalue weighted by Gasteiger charge is -2.11. The highest BCUT2D eigenvalue weighted by Gasteiger charge is 2.11. The largest absolute Gasteiger partial charge is 0.353 e. The molecule has 0 saturated carbocycles. The number of nitrogens with one attached hydrogen (secondary N) is 2. The standard InChI is InChI=1S/C15H20N2O3/c1-4-10(2)16-14(19)9-15(20)17-13-7-5-6-12(8-13)11(3)18/h5-8,10H,4,9H2,1-3H3,(H,16,19)(H,17,20). The van der Waals surface area contributed by atoms with E-state index in [1.54, 1.807) is 24.3 Å². The van der Waals surface area contributed by atoms with E-state index in [-0.39, 0.29) is 24.2 Å². The lowest BCUT2D eigenvalue weighted by atomic mass is 10.1. The number of ketones is 1. The summed E-state index contributed by atoms with van der Waals surface area (Å²) in [7, 11) is 0. The highest BCUT2D eigenvalue weighted by molar-refractivity contribution is 6.04. The maximum atomic E-state index is 11.7. The molecule has 108 valence electrons. The van der Waals surface area contributed by atoms with Gasteiger partial charge in [-0.25, -0.2) is 0 Å². The van der Waals surface area contributed by atoms with Crippen molar-refractivity contribution in [3.8, 4) is 0 Å². The van der Waals surface area contributed by atoms with Gasteiger partial charge in [-0.3, -0.25) is 14.4 Å². The van der Waals surface area contributed by atoms with Crippen molar-refractivity contribution in [3.63, 3.8) is 0 Å². The van der Waals surface area contributed by atoms with Crippen LogP contribution in [0.2, 0.25) is 0 Å². The van der Waals surface area contributed by atoms with E-state index >= 15 is 0 Å². The van der Waals surface area contributed by atoms with Gasteiger partial charge in [-0.2, -0.15) is 0 Å². The van der Waals surface area contributed by atoms with Crippen LogP contribution in [-0.2, 0) is 9.59 Å². The Kier molecular flexibility index (Phi) is 5.90. The minimum absolute atomic E-state index is 0.0522. The van der Waals surface area contributed by atoms with E-state index in [0.29, 0.717) is 11.3 Å². The number of hydrogen-bond donors (Lipinski definition) is 2. The van der Waals surface area contributed by atoms with Crippen LogP contribution >= 0.6 is 0 Å². The lowest BCUT2D eigenvalue weighted by Crippen LogP contribution is -2.34. The molecule has 1 unspecified atom stereocenters. The van der Waals surface area contributed by atoms with Crippen molar-refractivity contribution in [2.75, 3.05) is 5.32 Å². The van der Waals surface area contributed by atoms with Crippen molar-refractivity contribution in [2.45, 2.75) is 39.7 Å². The zero-order chi connectivity index (χ0) is 15.1. The van der Waals surface area contributed by atoms with Gasteiger partial charge in [-0.15, -0.1) is 0 Å². The van der Waals surface area contributed by atoms with Crippen LogP contribution in [-0.4, -0.2) is 23.6 Å². The van der Waals surface area contributed by atoms with E-state index in [1.807, 2.05) is 13.8 Å². The Balaban J connectivity index is 2.56. The fourth-order valence-corrected chi connectivity index (χ4v) is 1.59. The highest BCUT2D eigenvalue weighted by atomic mass is 16.2. The van der Waals surface area contributed by atoms with Crippen LogP contribution in [0.4, 0.5) is 5.69 Å². The number of rotatable bonds is 6. The van der Waals surface area contributed by atoms with Crippen LogP contribution in [0.1, 0.15) is 44.0 Å². The predicted octanol–water partition coefficient (Wildman–Crippen LogP) is 2.13. The van der Waals surface area contributed by atoms with Crippen LogP contribution in [0.15, 0.2) is 24.3 Å². The number of carbonyl (C=O) groups is 3. The molecule has 0 radical (unpaired) electrons. The van der Waals surface area contributed by atoms with E-state index < -0.39 is 5.91 Å². The number of anilines is 1. The molecule has 1 aromatic carbocycles. The lowest BCUT2D eigenvalue weighted by molar-refractivity contribution is -0.127. The summed E-state index contributed by atoms with van der Waals surface area (Å²) in [5.41, 5.74) is 1.03. The van der Waals surface area contributed by atoms with Gasteiger partial charge in [0.15, 0.2) is 5.78 Å². The topological polar surface area (TPSA) is 75.3 Å². The monoisotopic (exact) mass is 276 g/mol. The summed E-state index contributed by atoms with van der Waals surface area (Å²) >= 11 is 0. The third kappa shape index (κ3) is 5.22. The number of Topliss-reactive ketones (excluding diaryl/α,β-unsaturated/α-hetero) is 1. The van der Waals surface area contributed by atoms with Crippen LogP contribution < -0.4 is 10.6 Å². The molecule has 1 aromatic rings. The van der Waals surface area contributed by atoms with Gasteiger partial charge in [-0.1, -0.05) is 19.1 Å². The summed E-state index contributed by atoms with van der Waals surface area (Å²) in [4.78, 5) is 34.5. The van der Waals surface area contributed by atoms with Crippen molar-refractivity contribution < 1.29 is 14.4 Å². The molecule has 0 heterocycles. The van der Waals surface area contributed by atoms with Gasteiger partial charge in [0.25, 0.3) is 0 Å². The molecule has 0 bridgehead atoms. The molecule has 1 rings (SSSR count). The van der Waals surface area contributed by atoms with Crippen molar-refractivity contribution >= 4 is 23.3 Å². The first kappa shape index (κ1) is 15.9. The first-order valence-electron chi connectivity index (χ1n) is 6.62. The first-order valence-corrected chi connectivity index (χ1v) is 6.62. The Hall–Kier alpha value is -2.17. The Labute approximate surface area is 118 Å². The molecule has 2 N–H and O–H groups in total. The summed E-state index contributed by atoms with van der Waals surface area (Å²) in [6.07, 6.45) is 0.586. The fraction of sp³-hybridized carbons (Fsp3) is 0.400. The van der Waals surface area contributed by atoms with E-state index in [2.05, 4.69) is 10.6 Å². The zero-order valence-electron chi connectivity index (χ0n) is 12.0. The van der Waals surface area contributed by atoms with Crippen molar-refractivity contribution in [2.24, 2.45) is 0 Å². The summed E-state index contributed by atoms with van der Waals surface area (Å²) in [6.45, 7) is 5.30. The second-order valence-electron chi connectivity index (χ2n) is 4.74. The third-order valence-corrected chi connectivity index (χ3v) is 2.89. The molecule has 5 nitrogen and oxygen atoms in total. The minimum atomic E-state index is -0.397. The van der Waals surface area contributed by atoms with Crippen molar-refractivity contribution in [1.29, 1.82) is 0 Å². The Morgan fingerprint density at radius 1 is 1.20 bits per heavy atom. The van der Waals surface area contributed by atoms with Gasteiger partial charge in [0.2, 0.25) is 11.8 Å². The Morgan fingerprint density at radius 3 is 2.50 bits per heavy atom. The fourth-order valence-electron chi connectivity index (χ4n) is 1.59. The van der Waals surface area contributed by atoms with Crippen LogP contribution in [0.3, 0.4) is 0 Å². The molecule has 0 aliphatic carbocycles. The van der Waals surface area contributed by atoms with E-state index in [1.165, 1.54) is 6.92 Å². The number of benzene rings is 1. The minimum Gasteiger partial charge on any atom is -0.353 e. The third-order valence-electron chi connectivity index (χ3n) is 2.89. The zero-order valence-corrected chi connectivity index (χ0v) is 12.0. The number of amides is 2. The summed E-state index contributed by atoms with van der Waals surface area (Å²) < 4.78 is 0. The molecule has 1 atom stereocenters. The van der Waals surface area contributed by atoms with Crippen LogP contribution in [0.25, 0.3) is 0 Å². The quantitative estimate of drug-likeness (QED) is 0.617. The number of carbonyl (C=O) groups excluding carboxylic acids is 3. The van der Waals surface area contributed by atoms with Crippen LogP contribution in [0.5, 0.6) is 0 Å². The summed E-state index contributed by atoms with van der Waals surface area (Å²) in [6, 6.07) is 6.68. The molecular formula is C15H20N2O3. The van der Waals surface area contributed by atoms with Gasteiger partial charge in [0, 0.05) is 17.3 Å². The SMILES string of the molecule is CCC(C)NC(=O)CC(=O)Nc1cccc(C(C)=O)c1. The van der Waals surface area contributed by atoms with Crippen molar-refractivity contribution in [3.05, 3.63) is 29.8 Å². The first-order chi connectivity index (χ1) is 9.42. The average Bonchev–Trinajstić information content (AvgIpc) is 2.38. The molecule has 0 spiro atoms. The maximum Gasteiger partial charge on any atom is 0.233 e. The smallest absolute Gasteiger partial charge is 0.233 e. The van der Waals surface area contributed by atoms with Crippen LogP contribution in [0, 0.1) is 0 Å². The van der Waals surface area contributed by atoms with Crippen molar-refractivity contribution in [1.82, 2.24) is 5.32 Å². The van der Waals surface area contributed by atoms with E-state index in [9.17, 15) is 14.4 Å². The normalized spacial score (nSPS) is 11.6. The Bertz CT molecular complexity index is 512. The number of hydrogen-bond acceptors (Lipinski definition) is 3. The molecule has 0 aliphatic heterocycles. The molecule has 0 aromatic heterocycles. The highest BCUT2D eigenvalue weighted by Crippen LogP contribution is 2.11.